The highest BCUT2D eigenvalue weighted by Gasteiger charge is 2.36. The summed E-state index contributed by atoms with van der Waals surface area (Å²) in [5.74, 6) is -0.954. The number of phosphoric ester groups is 1. The maximum Gasteiger partial charge on any atom is 0.469 e. The van der Waals surface area contributed by atoms with Gasteiger partial charge in [0.2, 0.25) is 0 Å². The van der Waals surface area contributed by atoms with E-state index in [9.17, 15) is 14.2 Å². The van der Waals surface area contributed by atoms with Crippen molar-refractivity contribution in [3.63, 3.8) is 0 Å². The van der Waals surface area contributed by atoms with E-state index in [-0.39, 0.29) is 31.7 Å². The van der Waals surface area contributed by atoms with Crippen LogP contribution in [0.15, 0.2) is 36.5 Å². The predicted octanol–water partition coefficient (Wildman–Crippen LogP) is 11.2. The second kappa shape index (κ2) is 32.8. The lowest BCUT2D eigenvalue weighted by atomic mass is 10.0. The van der Waals surface area contributed by atoms with E-state index >= 15 is 0 Å². The van der Waals surface area contributed by atoms with E-state index in [1.807, 2.05) is 6.08 Å². The Balaban J connectivity index is 2.11. The van der Waals surface area contributed by atoms with Crippen molar-refractivity contribution in [2.45, 2.75) is 199 Å². The molecule has 1 fully saturated rings. The summed E-state index contributed by atoms with van der Waals surface area (Å²) >= 11 is 0. The van der Waals surface area contributed by atoms with Crippen molar-refractivity contribution >= 4 is 19.8 Å². The van der Waals surface area contributed by atoms with Gasteiger partial charge in [0.15, 0.2) is 6.10 Å². The van der Waals surface area contributed by atoms with Crippen LogP contribution in [0, 0.1) is 0 Å². The van der Waals surface area contributed by atoms with E-state index < -0.39 is 32.5 Å². The minimum Gasteiger partial charge on any atom is -0.462 e. The molecule has 1 heterocycles. The summed E-state index contributed by atoms with van der Waals surface area (Å²) in [6.07, 6.45) is 40.3. The zero-order valence-electron chi connectivity index (χ0n) is 32.2. The summed E-state index contributed by atoms with van der Waals surface area (Å²) in [6, 6.07) is 0. The van der Waals surface area contributed by atoms with E-state index in [1.54, 1.807) is 0 Å². The van der Waals surface area contributed by atoms with Gasteiger partial charge in [0, 0.05) is 12.8 Å². The van der Waals surface area contributed by atoms with Gasteiger partial charge in [-0.05, 0) is 51.4 Å². The minimum absolute atomic E-state index is 0.184. The van der Waals surface area contributed by atoms with Gasteiger partial charge in [-0.1, -0.05) is 153 Å². The van der Waals surface area contributed by atoms with E-state index in [1.165, 1.54) is 89.9 Å². The summed E-state index contributed by atoms with van der Waals surface area (Å²) in [5, 5.41) is 0. The van der Waals surface area contributed by atoms with Crippen molar-refractivity contribution in [1.29, 1.82) is 0 Å². The topological polar surface area (TPSA) is 132 Å². The van der Waals surface area contributed by atoms with Crippen LogP contribution in [0.5, 0.6) is 0 Å². The smallest absolute Gasteiger partial charge is 0.462 e. The number of esters is 2. The zero-order chi connectivity index (χ0) is 37.3. The number of epoxide rings is 1. The second-order valence-corrected chi connectivity index (χ2v) is 15.2. The first-order valence-corrected chi connectivity index (χ1v) is 21.9. The fourth-order valence-corrected chi connectivity index (χ4v) is 6.24. The van der Waals surface area contributed by atoms with Crippen molar-refractivity contribution in [1.82, 2.24) is 0 Å². The largest absolute Gasteiger partial charge is 0.469 e. The number of hydrogen-bond donors (Lipinski definition) is 2. The van der Waals surface area contributed by atoms with Crippen LogP contribution in [-0.4, -0.2) is 53.3 Å². The monoisotopic (exact) mass is 740 g/mol. The number of ether oxygens (including phenoxy) is 3. The van der Waals surface area contributed by atoms with Crippen molar-refractivity contribution in [3.8, 4) is 0 Å². The normalized spacial score (nSPS) is 16.8. The summed E-state index contributed by atoms with van der Waals surface area (Å²) in [5.41, 5.74) is 0. The first kappa shape index (κ1) is 47.3. The first-order chi connectivity index (χ1) is 24.7. The lowest BCUT2D eigenvalue weighted by molar-refractivity contribution is -0.161. The Hall–Kier alpha value is -1.77. The van der Waals surface area contributed by atoms with Crippen LogP contribution in [0.25, 0.3) is 0 Å². The fourth-order valence-electron chi connectivity index (χ4n) is 5.88. The summed E-state index contributed by atoms with van der Waals surface area (Å²) in [4.78, 5) is 42.8. The molecule has 0 bridgehead atoms. The molecule has 1 saturated heterocycles. The highest BCUT2D eigenvalue weighted by Crippen LogP contribution is 2.36. The molecule has 9 nitrogen and oxygen atoms in total. The first-order valence-electron chi connectivity index (χ1n) is 20.4. The molecule has 0 aromatic heterocycles. The van der Waals surface area contributed by atoms with Crippen LogP contribution < -0.4 is 0 Å². The number of rotatable bonds is 36. The van der Waals surface area contributed by atoms with Gasteiger partial charge in [0.1, 0.15) is 6.61 Å². The zero-order valence-corrected chi connectivity index (χ0v) is 33.1. The van der Waals surface area contributed by atoms with Gasteiger partial charge >= 0.3 is 19.8 Å². The van der Waals surface area contributed by atoms with E-state index in [0.717, 1.165) is 51.4 Å². The number of phosphoric acid groups is 1. The molecule has 2 N–H and O–H groups in total. The summed E-state index contributed by atoms with van der Waals surface area (Å²) in [6.45, 7) is 3.60. The Labute approximate surface area is 310 Å². The van der Waals surface area contributed by atoms with Crippen LogP contribution >= 0.6 is 7.82 Å². The molecule has 10 heteroatoms. The average Bonchev–Trinajstić information content (AvgIpc) is 3.85. The molecule has 51 heavy (non-hydrogen) atoms. The maximum absolute atomic E-state index is 12.4. The SMILES string of the molecule is CCCCC/C=C\C/C=C\CC1OC1C/C=C\CCCC(=O)OC[C@H](COP(=O)(O)O)OC(=O)CCCCCCCCCCCCCCCCC. The summed E-state index contributed by atoms with van der Waals surface area (Å²) < 4.78 is 32.1. The third kappa shape index (κ3) is 32.6. The van der Waals surface area contributed by atoms with E-state index in [4.69, 9.17) is 24.0 Å². The van der Waals surface area contributed by atoms with Crippen molar-refractivity contribution in [2.24, 2.45) is 0 Å². The Morgan fingerprint density at radius 3 is 1.67 bits per heavy atom. The third-order valence-electron chi connectivity index (χ3n) is 9.06. The molecule has 1 aliphatic rings. The van der Waals surface area contributed by atoms with Crippen molar-refractivity contribution < 1.29 is 42.7 Å². The molecule has 1 rings (SSSR count). The molecule has 0 aliphatic carbocycles. The van der Waals surface area contributed by atoms with Crippen LogP contribution in [-0.2, 0) is 32.9 Å². The summed E-state index contributed by atoms with van der Waals surface area (Å²) in [7, 11) is -4.77. The molecule has 0 saturated carbocycles. The average molecular weight is 741 g/mol. The number of hydrogen-bond acceptors (Lipinski definition) is 7. The van der Waals surface area contributed by atoms with Gasteiger partial charge in [0.25, 0.3) is 0 Å². The molecular weight excluding hydrogens is 667 g/mol. The lowest BCUT2D eigenvalue weighted by Gasteiger charge is -2.18. The molecule has 3 atom stereocenters. The number of carbonyl (C=O) groups excluding carboxylic acids is 2. The number of carbonyl (C=O) groups is 2. The standard InChI is InChI=1S/C41H73O9P/c1-3-5-7-9-11-13-14-15-16-17-18-20-22-24-30-34-41(43)49-37(36-48-51(44,45)46)35-47-40(42)33-29-26-25-28-32-39-38(50-39)31-27-23-21-19-12-10-8-6-4-2/h12,19,23,25,27-28,37-39H,3-11,13-18,20-22,24,26,29-36H2,1-2H3,(H2,44,45,46)/b19-12-,27-23-,28-25-/t37-,38?,39?/m1/s1. The van der Waals surface area contributed by atoms with Gasteiger partial charge in [-0.15, -0.1) is 0 Å². The minimum atomic E-state index is -4.77. The van der Waals surface area contributed by atoms with Crippen LogP contribution in [0.2, 0.25) is 0 Å². The number of unbranched alkanes of at least 4 members (excludes halogenated alkanes) is 18. The van der Waals surface area contributed by atoms with Crippen LogP contribution in [0.3, 0.4) is 0 Å². The fraction of sp³-hybridized carbons (Fsp3) is 0.805. The Morgan fingerprint density at radius 1 is 0.608 bits per heavy atom. The molecule has 296 valence electrons. The van der Waals surface area contributed by atoms with Crippen LogP contribution in [0.4, 0.5) is 0 Å². The van der Waals surface area contributed by atoms with Gasteiger partial charge in [-0.3, -0.25) is 14.1 Å². The molecule has 1 aliphatic heterocycles. The molecular formula is C41H73O9P. The molecule has 0 radical (unpaired) electrons. The third-order valence-corrected chi connectivity index (χ3v) is 9.55. The predicted molar refractivity (Wildman–Crippen MR) is 206 cm³/mol. The Bertz CT molecular complexity index is 990. The highest BCUT2D eigenvalue weighted by atomic mass is 31.2. The Kier molecular flexibility index (Phi) is 30.4. The quantitative estimate of drug-likeness (QED) is 0.0212. The molecule has 0 aromatic rings. The lowest BCUT2D eigenvalue weighted by Crippen LogP contribution is -2.29. The van der Waals surface area contributed by atoms with Gasteiger partial charge in [-0.25, -0.2) is 4.57 Å². The highest BCUT2D eigenvalue weighted by molar-refractivity contribution is 7.46. The van der Waals surface area contributed by atoms with Gasteiger partial charge < -0.3 is 24.0 Å². The van der Waals surface area contributed by atoms with Crippen molar-refractivity contribution in [3.05, 3.63) is 36.5 Å². The van der Waals surface area contributed by atoms with E-state index in [0.29, 0.717) is 12.8 Å². The van der Waals surface area contributed by atoms with Crippen LogP contribution in [0.1, 0.15) is 181 Å². The second-order valence-electron chi connectivity index (χ2n) is 14.0. The van der Waals surface area contributed by atoms with Crippen molar-refractivity contribution in [2.75, 3.05) is 13.2 Å². The molecule has 2 unspecified atom stereocenters. The Morgan fingerprint density at radius 2 is 1.08 bits per heavy atom. The molecule has 0 amide bonds. The maximum atomic E-state index is 12.4. The molecule has 0 aromatic carbocycles. The van der Waals surface area contributed by atoms with Gasteiger partial charge in [-0.2, -0.15) is 0 Å². The molecule has 0 spiro atoms. The van der Waals surface area contributed by atoms with Gasteiger partial charge in [0.05, 0.1) is 18.8 Å². The number of allylic oxidation sites excluding steroid dienone is 4. The van der Waals surface area contributed by atoms with E-state index in [2.05, 4.69) is 48.8 Å².